The van der Waals surface area contributed by atoms with Gasteiger partial charge >= 0.3 is 0 Å². The first-order chi connectivity index (χ1) is 29.1. The molecule has 300 valence electrons. The first-order valence-electron chi connectivity index (χ1n) is 20.5. The van der Waals surface area contributed by atoms with Crippen LogP contribution in [0.25, 0.3) is 11.0 Å². The predicted molar refractivity (Wildman–Crippen MR) is 225 cm³/mol. The van der Waals surface area contributed by atoms with E-state index in [4.69, 9.17) is 32.9 Å². The van der Waals surface area contributed by atoms with Gasteiger partial charge in [-0.3, -0.25) is 0 Å². The lowest BCUT2D eigenvalue weighted by Gasteiger charge is -2.51. The molecule has 2 aliphatic heterocycles. The van der Waals surface area contributed by atoms with Gasteiger partial charge in [0.2, 0.25) is 5.79 Å². The molecule has 9 rings (SSSR count). The molecule has 0 aliphatic carbocycles. The van der Waals surface area contributed by atoms with Gasteiger partial charge in [0.25, 0.3) is 0 Å². The maximum Gasteiger partial charge on any atom is 0.226 e. The van der Waals surface area contributed by atoms with Crippen molar-refractivity contribution in [3.63, 3.8) is 0 Å². The quantitative estimate of drug-likeness (QED) is 0.0958. The van der Waals surface area contributed by atoms with Crippen LogP contribution in [-0.2, 0) is 80.1 Å². The van der Waals surface area contributed by atoms with Gasteiger partial charge in [0.15, 0.2) is 5.58 Å². The minimum Gasteiger partial charge on any atom is -0.374 e. The Balaban J connectivity index is 1.13. The number of hydrogen-bond acceptors (Lipinski definition) is 8. The standard InChI is InChI=1S/C51H49NO7/c1-2-36-23-25-37(26-24-36)27-45-43-29-44-42(28-46(43)59-52-45)34-57-51(44)50(56-33-41-21-13-6-14-22-41)49(55-32-40-19-11-5-12-20-40)48(54-31-39-17-9-4-10-18-39)47(58-51)35-53-30-38-15-7-3-8-16-38/h3-26,28-29,47-50H,2,27,30-35H2,1H3/t47-,48+,49+,50-,51+/m1/s1. The molecule has 3 heterocycles. The van der Waals surface area contributed by atoms with Gasteiger partial charge in [-0.25, -0.2) is 0 Å². The highest BCUT2D eigenvalue weighted by molar-refractivity contribution is 5.82. The van der Waals surface area contributed by atoms with Gasteiger partial charge in [0.1, 0.15) is 24.4 Å². The highest BCUT2D eigenvalue weighted by Gasteiger charge is 2.61. The molecule has 0 amide bonds. The van der Waals surface area contributed by atoms with Crippen molar-refractivity contribution in [1.29, 1.82) is 0 Å². The Morgan fingerprint density at radius 3 is 1.73 bits per heavy atom. The second kappa shape index (κ2) is 18.2. The summed E-state index contributed by atoms with van der Waals surface area (Å²) in [7, 11) is 0. The number of hydrogen-bond donors (Lipinski definition) is 0. The van der Waals surface area contributed by atoms with E-state index in [1.807, 2.05) is 78.9 Å². The van der Waals surface area contributed by atoms with E-state index in [-0.39, 0.29) is 13.2 Å². The molecule has 5 atom stereocenters. The molecule has 0 bridgehead atoms. The predicted octanol–water partition coefficient (Wildman–Crippen LogP) is 10.0. The number of nitrogens with zero attached hydrogens (tertiary/aromatic N) is 1. The first kappa shape index (κ1) is 39.0. The molecule has 0 radical (unpaired) electrons. The average molecular weight is 788 g/mol. The van der Waals surface area contributed by atoms with E-state index in [1.54, 1.807) is 0 Å². The molecule has 0 saturated carbocycles. The smallest absolute Gasteiger partial charge is 0.226 e. The molecule has 1 spiro atoms. The topological polar surface area (TPSA) is 81.4 Å². The molecule has 6 aromatic carbocycles. The molecule has 59 heavy (non-hydrogen) atoms. The minimum absolute atomic E-state index is 0.222. The Morgan fingerprint density at radius 1 is 0.593 bits per heavy atom. The van der Waals surface area contributed by atoms with E-state index in [1.165, 1.54) is 5.56 Å². The van der Waals surface area contributed by atoms with Gasteiger partial charge in [-0.15, -0.1) is 0 Å². The van der Waals surface area contributed by atoms with Crippen LogP contribution in [-0.4, -0.2) is 36.2 Å². The molecule has 8 nitrogen and oxygen atoms in total. The third kappa shape index (κ3) is 8.80. The van der Waals surface area contributed by atoms with Crippen LogP contribution in [0.2, 0.25) is 0 Å². The van der Waals surface area contributed by atoms with Crippen LogP contribution in [0.15, 0.2) is 162 Å². The lowest BCUT2D eigenvalue weighted by molar-refractivity contribution is -0.387. The fourth-order valence-electron chi connectivity index (χ4n) is 8.17. The summed E-state index contributed by atoms with van der Waals surface area (Å²) in [5, 5.41) is 5.48. The molecular weight excluding hydrogens is 739 g/mol. The molecule has 7 aromatic rings. The maximum absolute atomic E-state index is 7.36. The Labute approximate surface area is 345 Å². The second-order valence-electron chi connectivity index (χ2n) is 15.3. The number of ether oxygens (including phenoxy) is 6. The minimum atomic E-state index is -1.38. The lowest BCUT2D eigenvalue weighted by Crippen LogP contribution is -2.65. The van der Waals surface area contributed by atoms with Crippen molar-refractivity contribution in [2.75, 3.05) is 6.61 Å². The van der Waals surface area contributed by atoms with Crippen molar-refractivity contribution in [2.45, 2.75) is 83.0 Å². The monoisotopic (exact) mass is 787 g/mol. The van der Waals surface area contributed by atoms with Crippen LogP contribution >= 0.6 is 0 Å². The average Bonchev–Trinajstić information content (AvgIpc) is 3.85. The number of rotatable bonds is 16. The molecule has 1 aromatic heterocycles. The van der Waals surface area contributed by atoms with Crippen LogP contribution in [0.3, 0.4) is 0 Å². The third-order valence-corrected chi connectivity index (χ3v) is 11.3. The number of benzene rings is 6. The van der Waals surface area contributed by atoms with Gasteiger partial charge in [0, 0.05) is 17.4 Å². The maximum atomic E-state index is 7.36. The molecular formula is C51H49NO7. The van der Waals surface area contributed by atoms with Crippen LogP contribution < -0.4 is 0 Å². The summed E-state index contributed by atoms with van der Waals surface area (Å²) < 4.78 is 47.9. The second-order valence-corrected chi connectivity index (χ2v) is 15.3. The number of fused-ring (bicyclic) bond motifs is 3. The summed E-state index contributed by atoms with van der Waals surface area (Å²) in [4.78, 5) is 0. The molecule has 1 fully saturated rings. The third-order valence-electron chi connectivity index (χ3n) is 11.3. The van der Waals surface area contributed by atoms with Crippen molar-refractivity contribution < 1.29 is 32.9 Å². The van der Waals surface area contributed by atoms with Crippen LogP contribution in [0, 0.1) is 0 Å². The van der Waals surface area contributed by atoms with Gasteiger partial charge in [-0.1, -0.05) is 158 Å². The zero-order chi connectivity index (χ0) is 39.9. The molecule has 2 aliphatic rings. The summed E-state index contributed by atoms with van der Waals surface area (Å²) in [6.07, 6.45) is -1.02. The van der Waals surface area contributed by atoms with Gasteiger partial charge < -0.3 is 32.9 Å². The molecule has 8 heteroatoms. The zero-order valence-corrected chi connectivity index (χ0v) is 33.3. The summed E-state index contributed by atoms with van der Waals surface area (Å²) in [6.45, 7) is 4.05. The van der Waals surface area contributed by atoms with Gasteiger partial charge in [-0.2, -0.15) is 0 Å². The largest absolute Gasteiger partial charge is 0.374 e. The first-order valence-corrected chi connectivity index (χ1v) is 20.5. The molecule has 1 saturated heterocycles. The fraction of sp³-hybridized carbons (Fsp3) is 0.275. The number of aryl methyl sites for hydroxylation is 1. The Morgan fingerprint density at radius 2 is 1.14 bits per heavy atom. The van der Waals surface area contributed by atoms with Crippen LogP contribution in [0.5, 0.6) is 0 Å². The molecule has 0 N–H and O–H groups in total. The van der Waals surface area contributed by atoms with E-state index in [2.05, 4.69) is 90.9 Å². The number of aromatic nitrogens is 1. The van der Waals surface area contributed by atoms with E-state index < -0.39 is 30.2 Å². The lowest BCUT2D eigenvalue weighted by atomic mass is 9.86. The SMILES string of the molecule is CCc1ccc(Cc2noc3cc4c(cc23)[C@]2(OC4)O[C@H](COCc3ccccc3)[C@H](OCc3ccccc3)[C@H](OCc3ccccc3)[C@H]2OCc2ccccc2)cc1. The fourth-order valence-corrected chi connectivity index (χ4v) is 8.17. The zero-order valence-electron chi connectivity index (χ0n) is 33.3. The summed E-state index contributed by atoms with van der Waals surface area (Å²) >= 11 is 0. The highest BCUT2D eigenvalue weighted by Crippen LogP contribution is 2.50. The van der Waals surface area contributed by atoms with Crippen molar-refractivity contribution in [3.05, 3.63) is 208 Å². The van der Waals surface area contributed by atoms with Crippen molar-refractivity contribution in [2.24, 2.45) is 0 Å². The Hall–Kier alpha value is -5.45. The van der Waals surface area contributed by atoms with E-state index >= 15 is 0 Å². The Kier molecular flexibility index (Phi) is 12.1. The van der Waals surface area contributed by atoms with Crippen molar-refractivity contribution in [1.82, 2.24) is 5.16 Å². The summed E-state index contributed by atoms with van der Waals surface area (Å²) in [5.74, 6) is -1.38. The van der Waals surface area contributed by atoms with E-state index in [9.17, 15) is 0 Å². The summed E-state index contributed by atoms with van der Waals surface area (Å²) in [6, 6.07) is 53.5. The summed E-state index contributed by atoms with van der Waals surface area (Å²) in [5.41, 5.74) is 9.94. The van der Waals surface area contributed by atoms with E-state index in [0.29, 0.717) is 38.4 Å². The van der Waals surface area contributed by atoms with Crippen molar-refractivity contribution in [3.8, 4) is 0 Å². The van der Waals surface area contributed by atoms with Crippen molar-refractivity contribution >= 4 is 11.0 Å². The Bertz CT molecular complexity index is 2390. The van der Waals surface area contributed by atoms with Gasteiger partial charge in [0.05, 0.1) is 45.3 Å². The highest BCUT2D eigenvalue weighted by atomic mass is 16.7. The normalized spacial score (nSPS) is 21.2. The van der Waals surface area contributed by atoms with Gasteiger partial charge in [-0.05, 0) is 57.5 Å². The van der Waals surface area contributed by atoms with Crippen LogP contribution in [0.1, 0.15) is 57.1 Å². The molecule has 0 unspecified atom stereocenters. The van der Waals surface area contributed by atoms with Crippen LogP contribution in [0.4, 0.5) is 0 Å². The van der Waals surface area contributed by atoms with E-state index in [0.717, 1.165) is 56.4 Å².